The highest BCUT2D eigenvalue weighted by Crippen LogP contribution is 2.41. The van der Waals surface area contributed by atoms with Crippen LogP contribution in [-0.2, 0) is 16.0 Å². The zero-order valence-corrected chi connectivity index (χ0v) is 15.8. The van der Waals surface area contributed by atoms with Crippen molar-refractivity contribution in [3.8, 4) is 0 Å². The van der Waals surface area contributed by atoms with Crippen molar-refractivity contribution in [1.82, 2.24) is 0 Å². The van der Waals surface area contributed by atoms with Gasteiger partial charge in [0.1, 0.15) is 0 Å². The second-order valence-corrected chi connectivity index (χ2v) is 7.21. The van der Waals surface area contributed by atoms with E-state index in [0.717, 1.165) is 40.0 Å². The molecule has 3 rings (SSSR count). The lowest BCUT2D eigenvalue weighted by Gasteiger charge is -2.13. The molecule has 2 amide bonds. The Morgan fingerprint density at radius 1 is 0.962 bits per heavy atom. The van der Waals surface area contributed by atoms with Gasteiger partial charge in [-0.05, 0) is 56.4 Å². The Balaban J connectivity index is 1.63. The lowest BCUT2D eigenvalue weighted by Crippen LogP contribution is -2.21. The van der Waals surface area contributed by atoms with Crippen LogP contribution in [0.4, 0.5) is 11.4 Å². The van der Waals surface area contributed by atoms with Crippen molar-refractivity contribution in [2.24, 2.45) is 11.8 Å². The van der Waals surface area contributed by atoms with Crippen LogP contribution in [0.2, 0.25) is 0 Å². The molecule has 1 aliphatic carbocycles. The van der Waals surface area contributed by atoms with Crippen molar-refractivity contribution < 1.29 is 9.59 Å². The minimum Gasteiger partial charge on any atom is -0.326 e. The van der Waals surface area contributed by atoms with Crippen LogP contribution in [0, 0.1) is 32.6 Å². The number of aryl methyl sites for hydroxylation is 4. The number of hydrogen-bond donors (Lipinski definition) is 2. The highest BCUT2D eigenvalue weighted by atomic mass is 16.2. The average molecular weight is 350 g/mol. The predicted molar refractivity (Wildman–Crippen MR) is 105 cm³/mol. The van der Waals surface area contributed by atoms with Gasteiger partial charge in [-0.15, -0.1) is 0 Å². The number of carbonyl (C=O) groups is 2. The number of benzene rings is 2. The highest BCUT2D eigenvalue weighted by molar-refractivity contribution is 6.04. The second-order valence-electron chi connectivity index (χ2n) is 7.21. The molecule has 0 bridgehead atoms. The molecule has 0 aliphatic heterocycles. The van der Waals surface area contributed by atoms with Crippen molar-refractivity contribution in [1.29, 1.82) is 0 Å². The lowest BCUT2D eigenvalue weighted by molar-refractivity contribution is -0.122. The van der Waals surface area contributed by atoms with Crippen LogP contribution in [0.3, 0.4) is 0 Å². The standard InChI is InChI=1S/C22H26N2O2/c1-5-16-8-6-7-14(3)20(16)24-22(26)18-12-17(18)21(25)23-19-10-9-13(2)11-15(19)4/h6-11,17-18H,5,12H2,1-4H3,(H,23,25)(H,24,26). The maximum atomic E-state index is 12.6. The lowest BCUT2D eigenvalue weighted by atomic mass is 10.1. The molecule has 0 spiro atoms. The normalized spacial score (nSPS) is 18.3. The summed E-state index contributed by atoms with van der Waals surface area (Å²) in [5.74, 6) is -0.623. The number of carbonyl (C=O) groups excluding carboxylic acids is 2. The first-order valence-corrected chi connectivity index (χ1v) is 9.18. The molecule has 1 fully saturated rings. The van der Waals surface area contributed by atoms with Crippen LogP contribution in [0.15, 0.2) is 36.4 Å². The Morgan fingerprint density at radius 2 is 1.65 bits per heavy atom. The molecule has 0 radical (unpaired) electrons. The summed E-state index contributed by atoms with van der Waals surface area (Å²) in [5, 5.41) is 6.00. The number of rotatable bonds is 5. The Bertz CT molecular complexity index is 857. The number of hydrogen-bond acceptors (Lipinski definition) is 2. The first-order valence-electron chi connectivity index (χ1n) is 9.18. The summed E-state index contributed by atoms with van der Waals surface area (Å²) in [7, 11) is 0. The van der Waals surface area contributed by atoms with Crippen LogP contribution in [-0.4, -0.2) is 11.8 Å². The van der Waals surface area contributed by atoms with Crippen molar-refractivity contribution >= 4 is 23.2 Å². The summed E-state index contributed by atoms with van der Waals surface area (Å²) < 4.78 is 0. The summed E-state index contributed by atoms with van der Waals surface area (Å²) in [5.41, 5.74) is 6.07. The van der Waals surface area contributed by atoms with Gasteiger partial charge in [0.15, 0.2) is 0 Å². The maximum Gasteiger partial charge on any atom is 0.228 e. The largest absolute Gasteiger partial charge is 0.326 e. The summed E-state index contributed by atoms with van der Waals surface area (Å²) in [6.45, 7) is 8.06. The number of nitrogens with one attached hydrogen (secondary N) is 2. The second kappa shape index (κ2) is 7.32. The fourth-order valence-corrected chi connectivity index (χ4v) is 3.37. The number of para-hydroxylation sites is 1. The van der Waals surface area contributed by atoms with Gasteiger partial charge in [-0.3, -0.25) is 9.59 Å². The SMILES string of the molecule is CCc1cccc(C)c1NC(=O)C1CC1C(=O)Nc1ccc(C)cc1C. The summed E-state index contributed by atoms with van der Waals surface area (Å²) in [6.07, 6.45) is 1.47. The van der Waals surface area contributed by atoms with E-state index in [0.29, 0.717) is 6.42 Å². The Morgan fingerprint density at radius 3 is 2.31 bits per heavy atom. The summed E-state index contributed by atoms with van der Waals surface area (Å²) in [6, 6.07) is 12.0. The van der Waals surface area contributed by atoms with E-state index in [2.05, 4.69) is 17.6 Å². The fraction of sp³-hybridized carbons (Fsp3) is 0.364. The molecule has 4 heteroatoms. The van der Waals surface area contributed by atoms with E-state index >= 15 is 0 Å². The van der Waals surface area contributed by atoms with Crippen molar-refractivity contribution in [3.05, 3.63) is 58.7 Å². The molecule has 2 unspecified atom stereocenters. The third kappa shape index (κ3) is 3.79. The molecule has 26 heavy (non-hydrogen) atoms. The van der Waals surface area contributed by atoms with Gasteiger partial charge < -0.3 is 10.6 Å². The molecule has 2 aromatic rings. The molecular weight excluding hydrogens is 324 g/mol. The van der Waals surface area contributed by atoms with E-state index in [1.807, 2.05) is 57.2 Å². The van der Waals surface area contributed by atoms with E-state index in [-0.39, 0.29) is 23.7 Å². The van der Waals surface area contributed by atoms with Crippen LogP contribution in [0.1, 0.15) is 35.6 Å². The Kier molecular flexibility index (Phi) is 5.12. The maximum absolute atomic E-state index is 12.6. The molecular formula is C22H26N2O2. The minimum atomic E-state index is -0.246. The zero-order chi connectivity index (χ0) is 18.8. The van der Waals surface area contributed by atoms with Gasteiger partial charge in [0, 0.05) is 11.4 Å². The summed E-state index contributed by atoms with van der Waals surface area (Å²) >= 11 is 0. The molecule has 136 valence electrons. The molecule has 4 nitrogen and oxygen atoms in total. The zero-order valence-electron chi connectivity index (χ0n) is 15.8. The minimum absolute atomic E-state index is 0.0604. The van der Waals surface area contributed by atoms with Gasteiger partial charge in [-0.25, -0.2) is 0 Å². The Hall–Kier alpha value is -2.62. The van der Waals surface area contributed by atoms with Crippen LogP contribution in [0.5, 0.6) is 0 Å². The third-order valence-corrected chi connectivity index (χ3v) is 5.09. The molecule has 0 saturated heterocycles. The van der Waals surface area contributed by atoms with E-state index in [1.165, 1.54) is 0 Å². The summed E-state index contributed by atoms with van der Waals surface area (Å²) in [4.78, 5) is 25.1. The van der Waals surface area contributed by atoms with Crippen LogP contribution < -0.4 is 10.6 Å². The molecule has 2 atom stereocenters. The smallest absolute Gasteiger partial charge is 0.228 e. The molecule has 2 aromatic carbocycles. The van der Waals surface area contributed by atoms with E-state index in [9.17, 15) is 9.59 Å². The quantitative estimate of drug-likeness (QED) is 0.840. The van der Waals surface area contributed by atoms with Gasteiger partial charge in [-0.1, -0.05) is 42.8 Å². The topological polar surface area (TPSA) is 58.2 Å². The van der Waals surface area contributed by atoms with Gasteiger partial charge in [0.25, 0.3) is 0 Å². The van der Waals surface area contributed by atoms with Gasteiger partial charge in [0.2, 0.25) is 11.8 Å². The molecule has 0 aromatic heterocycles. The van der Waals surface area contributed by atoms with E-state index in [1.54, 1.807) is 0 Å². The first-order chi connectivity index (χ1) is 12.4. The monoisotopic (exact) mass is 350 g/mol. The van der Waals surface area contributed by atoms with Crippen molar-refractivity contribution in [2.45, 2.75) is 40.5 Å². The van der Waals surface area contributed by atoms with Crippen molar-refractivity contribution in [2.75, 3.05) is 10.6 Å². The van der Waals surface area contributed by atoms with Crippen LogP contribution >= 0.6 is 0 Å². The van der Waals surface area contributed by atoms with E-state index in [4.69, 9.17) is 0 Å². The highest BCUT2D eigenvalue weighted by Gasteiger charge is 2.48. The average Bonchev–Trinajstić information content (AvgIpc) is 3.40. The molecule has 1 saturated carbocycles. The fourth-order valence-electron chi connectivity index (χ4n) is 3.37. The van der Waals surface area contributed by atoms with Crippen molar-refractivity contribution in [3.63, 3.8) is 0 Å². The molecule has 2 N–H and O–H groups in total. The number of anilines is 2. The van der Waals surface area contributed by atoms with E-state index < -0.39 is 0 Å². The van der Waals surface area contributed by atoms with Gasteiger partial charge in [0.05, 0.1) is 11.8 Å². The van der Waals surface area contributed by atoms with Gasteiger partial charge in [-0.2, -0.15) is 0 Å². The third-order valence-electron chi connectivity index (χ3n) is 5.09. The molecule has 1 aliphatic rings. The first kappa shape index (κ1) is 18.2. The van der Waals surface area contributed by atoms with Gasteiger partial charge >= 0.3 is 0 Å². The predicted octanol–water partition coefficient (Wildman–Crippen LogP) is 4.39. The Labute approximate surface area is 155 Å². The number of amides is 2. The van der Waals surface area contributed by atoms with Crippen LogP contribution in [0.25, 0.3) is 0 Å². The molecule has 0 heterocycles.